The van der Waals surface area contributed by atoms with Crippen molar-refractivity contribution in [3.63, 3.8) is 0 Å². The normalized spacial score (nSPS) is 19.7. The topological polar surface area (TPSA) is 89.7 Å². The average molecular weight is 376 g/mol. The molecule has 2 amide bonds. The van der Waals surface area contributed by atoms with E-state index in [1.165, 1.54) is 12.1 Å². The van der Waals surface area contributed by atoms with Crippen LogP contribution in [-0.2, 0) is 24.5 Å². The Balaban J connectivity index is 1.59. The van der Waals surface area contributed by atoms with E-state index in [9.17, 15) is 18.8 Å². The second kappa shape index (κ2) is 8.06. The van der Waals surface area contributed by atoms with Gasteiger partial charge in [-0.05, 0) is 43.4 Å². The Kier molecular flexibility index (Phi) is 5.77. The van der Waals surface area contributed by atoms with Crippen LogP contribution in [0.15, 0.2) is 24.3 Å². The van der Waals surface area contributed by atoms with E-state index in [1.54, 1.807) is 17.0 Å². The van der Waals surface area contributed by atoms with E-state index >= 15 is 0 Å². The lowest BCUT2D eigenvalue weighted by Gasteiger charge is -2.31. The lowest BCUT2D eigenvalue weighted by Crippen LogP contribution is -2.44. The van der Waals surface area contributed by atoms with Crippen LogP contribution in [0.4, 0.5) is 4.39 Å². The molecule has 6 nitrogen and oxygen atoms in total. The number of halogens is 1. The molecule has 0 spiro atoms. The third-order valence-corrected chi connectivity index (χ3v) is 5.82. The molecule has 1 aliphatic heterocycles. The van der Waals surface area contributed by atoms with Gasteiger partial charge in [-0.1, -0.05) is 25.0 Å². The first kappa shape index (κ1) is 19.3. The molecule has 0 aromatic heterocycles. The summed E-state index contributed by atoms with van der Waals surface area (Å²) in [5.41, 5.74) is 5.24. The Morgan fingerprint density at radius 3 is 2.26 bits per heavy atom. The Labute approximate surface area is 157 Å². The minimum Gasteiger partial charge on any atom is -0.455 e. The van der Waals surface area contributed by atoms with Crippen molar-refractivity contribution in [2.45, 2.75) is 43.9 Å². The largest absolute Gasteiger partial charge is 0.455 e. The SMILES string of the molecule is NC(=O)C1CCN(C(=O)COC(=O)C2(c3ccc(F)cc3)CCCC2)CC1. The van der Waals surface area contributed by atoms with Crippen molar-refractivity contribution in [3.05, 3.63) is 35.6 Å². The molecule has 0 radical (unpaired) electrons. The van der Waals surface area contributed by atoms with Crippen LogP contribution in [0.5, 0.6) is 0 Å². The van der Waals surface area contributed by atoms with Gasteiger partial charge in [-0.25, -0.2) is 4.39 Å². The molecule has 0 bridgehead atoms. The van der Waals surface area contributed by atoms with Gasteiger partial charge >= 0.3 is 5.97 Å². The number of primary amides is 1. The quantitative estimate of drug-likeness (QED) is 0.795. The van der Waals surface area contributed by atoms with Gasteiger partial charge in [0, 0.05) is 19.0 Å². The van der Waals surface area contributed by atoms with Crippen molar-refractivity contribution < 1.29 is 23.5 Å². The number of amides is 2. The zero-order chi connectivity index (χ0) is 19.4. The van der Waals surface area contributed by atoms with Crippen LogP contribution in [0, 0.1) is 11.7 Å². The number of hydrogen-bond acceptors (Lipinski definition) is 4. The molecule has 0 unspecified atom stereocenters. The Hall–Kier alpha value is -2.44. The highest BCUT2D eigenvalue weighted by molar-refractivity contribution is 5.87. The van der Waals surface area contributed by atoms with Gasteiger partial charge in [0.1, 0.15) is 5.82 Å². The lowest BCUT2D eigenvalue weighted by molar-refractivity contribution is -0.157. The third kappa shape index (κ3) is 4.12. The zero-order valence-corrected chi connectivity index (χ0v) is 15.3. The van der Waals surface area contributed by atoms with Gasteiger partial charge in [0.15, 0.2) is 6.61 Å². The molecule has 7 heteroatoms. The summed E-state index contributed by atoms with van der Waals surface area (Å²) in [5.74, 6) is -1.58. The molecule has 1 saturated carbocycles. The fraction of sp³-hybridized carbons (Fsp3) is 0.550. The Bertz CT molecular complexity index is 705. The van der Waals surface area contributed by atoms with Crippen LogP contribution >= 0.6 is 0 Å². The van der Waals surface area contributed by atoms with E-state index in [4.69, 9.17) is 10.5 Å². The third-order valence-electron chi connectivity index (χ3n) is 5.82. The van der Waals surface area contributed by atoms with Crippen molar-refractivity contribution in [3.8, 4) is 0 Å². The molecule has 146 valence electrons. The van der Waals surface area contributed by atoms with Gasteiger partial charge in [0.25, 0.3) is 5.91 Å². The van der Waals surface area contributed by atoms with Crippen molar-refractivity contribution in [2.75, 3.05) is 19.7 Å². The van der Waals surface area contributed by atoms with Gasteiger partial charge in [-0.2, -0.15) is 0 Å². The Morgan fingerprint density at radius 1 is 1.11 bits per heavy atom. The molecule has 0 atom stereocenters. The van der Waals surface area contributed by atoms with Gasteiger partial charge in [0.2, 0.25) is 5.91 Å². The number of nitrogens with two attached hydrogens (primary N) is 1. The van der Waals surface area contributed by atoms with Gasteiger partial charge in [-0.3, -0.25) is 14.4 Å². The van der Waals surface area contributed by atoms with Crippen molar-refractivity contribution in [1.29, 1.82) is 0 Å². The second-order valence-corrected chi connectivity index (χ2v) is 7.43. The van der Waals surface area contributed by atoms with Crippen LogP contribution in [0.2, 0.25) is 0 Å². The highest BCUT2D eigenvalue weighted by atomic mass is 19.1. The molecule has 1 aromatic carbocycles. The number of nitrogens with zero attached hydrogens (tertiary/aromatic N) is 1. The number of piperidine rings is 1. The van der Waals surface area contributed by atoms with Crippen molar-refractivity contribution in [2.24, 2.45) is 11.7 Å². The molecule has 27 heavy (non-hydrogen) atoms. The molecule has 3 rings (SSSR count). The van der Waals surface area contributed by atoms with E-state index in [-0.39, 0.29) is 30.2 Å². The summed E-state index contributed by atoms with van der Waals surface area (Å²) >= 11 is 0. The number of esters is 1. The minimum absolute atomic E-state index is 0.197. The predicted molar refractivity (Wildman–Crippen MR) is 96.0 cm³/mol. The van der Waals surface area contributed by atoms with Gasteiger partial charge < -0.3 is 15.4 Å². The van der Waals surface area contributed by atoms with E-state index in [2.05, 4.69) is 0 Å². The summed E-state index contributed by atoms with van der Waals surface area (Å²) in [7, 11) is 0. The summed E-state index contributed by atoms with van der Waals surface area (Å²) in [4.78, 5) is 38.0. The number of likely N-dealkylation sites (tertiary alicyclic amines) is 1. The highest BCUT2D eigenvalue weighted by Gasteiger charge is 2.44. The first-order chi connectivity index (χ1) is 12.9. The molecular weight excluding hydrogens is 351 g/mol. The first-order valence-electron chi connectivity index (χ1n) is 9.43. The summed E-state index contributed by atoms with van der Waals surface area (Å²) in [6.07, 6.45) is 4.12. The molecule has 1 heterocycles. The monoisotopic (exact) mass is 376 g/mol. The van der Waals surface area contributed by atoms with Crippen LogP contribution in [0.3, 0.4) is 0 Å². The molecule has 1 saturated heterocycles. The molecule has 1 aliphatic carbocycles. The number of carbonyl (C=O) groups excluding carboxylic acids is 3. The summed E-state index contributed by atoms with van der Waals surface area (Å²) < 4.78 is 18.6. The molecular formula is C20H25FN2O4. The number of rotatable bonds is 5. The Morgan fingerprint density at radius 2 is 1.70 bits per heavy atom. The standard InChI is InChI=1S/C20H25FN2O4/c21-16-5-3-15(4-6-16)20(9-1-2-10-20)19(26)27-13-17(24)23-11-7-14(8-12-23)18(22)25/h3-6,14H,1-2,7-13H2,(H2,22,25). The number of carbonyl (C=O) groups is 3. The van der Waals surface area contributed by atoms with E-state index in [0.717, 1.165) is 18.4 Å². The predicted octanol–water partition coefficient (Wildman–Crippen LogP) is 1.90. The maximum absolute atomic E-state index is 13.2. The fourth-order valence-corrected chi connectivity index (χ4v) is 4.13. The fourth-order valence-electron chi connectivity index (χ4n) is 4.13. The van der Waals surface area contributed by atoms with Gasteiger partial charge in [-0.15, -0.1) is 0 Å². The van der Waals surface area contributed by atoms with E-state index in [0.29, 0.717) is 38.8 Å². The number of hydrogen-bond donors (Lipinski definition) is 1. The summed E-state index contributed by atoms with van der Waals surface area (Å²) in [6, 6.07) is 5.93. The second-order valence-electron chi connectivity index (χ2n) is 7.43. The number of ether oxygens (including phenoxy) is 1. The lowest BCUT2D eigenvalue weighted by atomic mass is 9.79. The van der Waals surface area contributed by atoms with E-state index in [1.807, 2.05) is 0 Å². The van der Waals surface area contributed by atoms with E-state index < -0.39 is 11.4 Å². The maximum atomic E-state index is 13.2. The number of benzene rings is 1. The molecule has 2 fully saturated rings. The molecule has 2 N–H and O–H groups in total. The van der Waals surface area contributed by atoms with Crippen LogP contribution in [0.1, 0.15) is 44.1 Å². The average Bonchev–Trinajstić information content (AvgIpc) is 3.17. The molecule has 2 aliphatic rings. The van der Waals surface area contributed by atoms with Crippen LogP contribution in [0.25, 0.3) is 0 Å². The highest BCUT2D eigenvalue weighted by Crippen LogP contribution is 2.42. The summed E-state index contributed by atoms with van der Waals surface area (Å²) in [6.45, 7) is 0.559. The first-order valence-corrected chi connectivity index (χ1v) is 9.43. The zero-order valence-electron chi connectivity index (χ0n) is 15.3. The smallest absolute Gasteiger partial charge is 0.317 e. The van der Waals surface area contributed by atoms with Gasteiger partial charge in [0.05, 0.1) is 5.41 Å². The summed E-state index contributed by atoms with van der Waals surface area (Å²) in [5, 5.41) is 0. The van der Waals surface area contributed by atoms with Crippen LogP contribution < -0.4 is 5.73 Å². The van der Waals surface area contributed by atoms with Crippen molar-refractivity contribution >= 4 is 17.8 Å². The minimum atomic E-state index is -0.799. The van der Waals surface area contributed by atoms with Crippen molar-refractivity contribution in [1.82, 2.24) is 4.90 Å². The maximum Gasteiger partial charge on any atom is 0.317 e. The molecule has 1 aromatic rings. The van der Waals surface area contributed by atoms with Crippen LogP contribution in [-0.4, -0.2) is 42.4 Å².